The molecule has 0 fully saturated rings. The molecule has 0 aromatic heterocycles. The van der Waals surface area contributed by atoms with Gasteiger partial charge in [-0.2, -0.15) is 9.98 Å². The first kappa shape index (κ1) is 24.6. The molecule has 0 spiro atoms. The first-order chi connectivity index (χ1) is 14.5. The molecule has 0 saturated carbocycles. The van der Waals surface area contributed by atoms with Crippen LogP contribution in [0.25, 0.3) is 0 Å². The van der Waals surface area contributed by atoms with Crippen LogP contribution in [-0.4, -0.2) is 44.2 Å². The van der Waals surface area contributed by atoms with Gasteiger partial charge in [-0.25, -0.2) is 8.42 Å². The quantitative estimate of drug-likeness (QED) is 0.485. The van der Waals surface area contributed by atoms with Crippen molar-refractivity contribution in [3.63, 3.8) is 0 Å². The first-order valence-corrected chi connectivity index (χ1v) is 10.9. The number of benzene rings is 2. The lowest BCUT2D eigenvalue weighted by molar-refractivity contribution is -0.151. The predicted molar refractivity (Wildman–Crippen MR) is 113 cm³/mol. The molecule has 1 amide bonds. The Hall–Kier alpha value is -2.68. The zero-order valence-electron chi connectivity index (χ0n) is 16.0. The summed E-state index contributed by atoms with van der Waals surface area (Å²) in [4.78, 5) is 24.0. The number of carbonyl (C=O) groups excluding carboxylic acids is 2. The summed E-state index contributed by atoms with van der Waals surface area (Å²) >= 11 is 11.6. The van der Waals surface area contributed by atoms with Gasteiger partial charge in [-0.15, -0.1) is 0 Å². The fraction of sp³-hybridized carbons (Fsp3) is 0.211. The first-order valence-electron chi connectivity index (χ1n) is 8.65. The summed E-state index contributed by atoms with van der Waals surface area (Å²) in [5.41, 5.74) is 0.633. The molecular formula is C19H17Cl2N3O6S. The van der Waals surface area contributed by atoms with Crippen LogP contribution >= 0.6 is 23.2 Å². The standard InChI is InChI=1S/C19H17Cl2N3O6S/c1-11(25)18(24-31(28,29)14-5-6-15(20)16(21)8-14)19(27)30-10-17(26)23-13-4-2-3-12(7-13)9-22/h2-8,11,18,24-25H,10H2,1H3,(H,23,26). The van der Waals surface area contributed by atoms with E-state index in [4.69, 9.17) is 33.2 Å². The summed E-state index contributed by atoms with van der Waals surface area (Å²) in [6, 6.07) is 9.80. The lowest BCUT2D eigenvalue weighted by Crippen LogP contribution is -2.48. The minimum Gasteiger partial charge on any atom is -0.454 e. The van der Waals surface area contributed by atoms with Crippen LogP contribution < -0.4 is 10.0 Å². The summed E-state index contributed by atoms with van der Waals surface area (Å²) in [5.74, 6) is -1.89. The highest BCUT2D eigenvalue weighted by Crippen LogP contribution is 2.25. The molecule has 0 aliphatic heterocycles. The summed E-state index contributed by atoms with van der Waals surface area (Å²) in [6.07, 6.45) is -1.47. The number of nitrogens with zero attached hydrogens (tertiary/aromatic N) is 1. The van der Waals surface area contributed by atoms with Crippen LogP contribution in [0.5, 0.6) is 0 Å². The third-order valence-electron chi connectivity index (χ3n) is 3.84. The Morgan fingerprint density at radius 1 is 1.19 bits per heavy atom. The number of aliphatic hydroxyl groups is 1. The van der Waals surface area contributed by atoms with E-state index >= 15 is 0 Å². The van der Waals surface area contributed by atoms with Gasteiger partial charge in [0.1, 0.15) is 6.04 Å². The molecule has 12 heteroatoms. The molecule has 2 unspecified atom stereocenters. The smallest absolute Gasteiger partial charge is 0.327 e. The number of halogens is 2. The van der Waals surface area contributed by atoms with E-state index in [1.807, 2.05) is 10.8 Å². The van der Waals surface area contributed by atoms with E-state index < -0.39 is 40.7 Å². The van der Waals surface area contributed by atoms with Gasteiger partial charge in [0.2, 0.25) is 10.0 Å². The van der Waals surface area contributed by atoms with Crippen molar-refractivity contribution in [2.24, 2.45) is 0 Å². The molecule has 2 atom stereocenters. The van der Waals surface area contributed by atoms with Crippen LogP contribution in [0, 0.1) is 11.3 Å². The average molecular weight is 486 g/mol. The van der Waals surface area contributed by atoms with Crippen LogP contribution in [0.3, 0.4) is 0 Å². The number of nitriles is 1. The number of anilines is 1. The Labute approximate surface area is 188 Å². The van der Waals surface area contributed by atoms with Crippen LogP contribution in [0.2, 0.25) is 10.0 Å². The van der Waals surface area contributed by atoms with Crippen LogP contribution in [0.1, 0.15) is 12.5 Å². The number of ether oxygens (including phenoxy) is 1. The summed E-state index contributed by atoms with van der Waals surface area (Å²) < 4.78 is 31.9. The fourth-order valence-electron chi connectivity index (χ4n) is 2.31. The largest absolute Gasteiger partial charge is 0.454 e. The topological polar surface area (TPSA) is 146 Å². The number of esters is 1. The highest BCUT2D eigenvalue weighted by molar-refractivity contribution is 7.89. The monoisotopic (exact) mass is 485 g/mol. The Morgan fingerprint density at radius 2 is 1.90 bits per heavy atom. The number of hydrogen-bond donors (Lipinski definition) is 3. The molecule has 3 N–H and O–H groups in total. The maximum absolute atomic E-state index is 12.5. The number of hydrogen-bond acceptors (Lipinski definition) is 7. The van der Waals surface area contributed by atoms with E-state index in [1.54, 1.807) is 12.1 Å². The van der Waals surface area contributed by atoms with Crippen molar-refractivity contribution >= 4 is 50.8 Å². The van der Waals surface area contributed by atoms with Crippen molar-refractivity contribution in [3.8, 4) is 6.07 Å². The minimum absolute atomic E-state index is 0.0159. The van der Waals surface area contributed by atoms with Crippen molar-refractivity contribution < 1.29 is 27.9 Å². The molecule has 0 heterocycles. The van der Waals surface area contributed by atoms with Gasteiger partial charge in [0.25, 0.3) is 5.91 Å². The Bertz CT molecular complexity index is 1130. The molecular weight excluding hydrogens is 469 g/mol. The van der Waals surface area contributed by atoms with Gasteiger partial charge >= 0.3 is 5.97 Å². The van der Waals surface area contributed by atoms with Gasteiger partial charge in [-0.05, 0) is 43.3 Å². The van der Waals surface area contributed by atoms with Crippen molar-refractivity contribution in [1.82, 2.24) is 4.72 Å². The third kappa shape index (κ3) is 6.92. The molecule has 0 saturated heterocycles. The molecule has 0 aliphatic carbocycles. The number of aliphatic hydroxyl groups excluding tert-OH is 1. The van der Waals surface area contributed by atoms with E-state index in [-0.39, 0.29) is 14.9 Å². The maximum Gasteiger partial charge on any atom is 0.327 e. The number of carbonyl (C=O) groups is 2. The average Bonchev–Trinajstić information content (AvgIpc) is 2.72. The zero-order valence-corrected chi connectivity index (χ0v) is 18.3. The highest BCUT2D eigenvalue weighted by atomic mass is 35.5. The van der Waals surface area contributed by atoms with Gasteiger partial charge in [-0.3, -0.25) is 9.59 Å². The van der Waals surface area contributed by atoms with E-state index in [0.29, 0.717) is 11.3 Å². The lowest BCUT2D eigenvalue weighted by Gasteiger charge is -2.20. The van der Waals surface area contributed by atoms with Gasteiger partial charge < -0.3 is 15.2 Å². The van der Waals surface area contributed by atoms with Crippen LogP contribution in [-0.2, 0) is 24.3 Å². The summed E-state index contributed by atoms with van der Waals surface area (Å²) in [5, 5.41) is 21.3. The van der Waals surface area contributed by atoms with Gasteiger partial charge in [0, 0.05) is 5.69 Å². The molecule has 2 aromatic carbocycles. The molecule has 164 valence electrons. The SMILES string of the molecule is CC(O)C(NS(=O)(=O)c1ccc(Cl)c(Cl)c1)C(=O)OCC(=O)Nc1cccc(C#N)c1. The molecule has 9 nitrogen and oxygen atoms in total. The number of sulfonamides is 1. The van der Waals surface area contributed by atoms with Gasteiger partial charge in [0.05, 0.1) is 32.7 Å². The molecule has 2 aromatic rings. The molecule has 0 bridgehead atoms. The second kappa shape index (κ2) is 10.6. The van der Waals surface area contributed by atoms with Crippen LogP contribution in [0.4, 0.5) is 5.69 Å². The number of amides is 1. The maximum atomic E-state index is 12.5. The van der Waals surface area contributed by atoms with E-state index in [0.717, 1.165) is 6.07 Å². The molecule has 31 heavy (non-hydrogen) atoms. The van der Waals surface area contributed by atoms with Crippen molar-refractivity contribution in [2.75, 3.05) is 11.9 Å². The summed E-state index contributed by atoms with van der Waals surface area (Å²) in [6.45, 7) is 0.435. The second-order valence-corrected chi connectivity index (χ2v) is 8.79. The van der Waals surface area contributed by atoms with Crippen molar-refractivity contribution in [3.05, 3.63) is 58.1 Å². The highest BCUT2D eigenvalue weighted by Gasteiger charge is 2.31. The van der Waals surface area contributed by atoms with Gasteiger partial charge in [0.15, 0.2) is 6.61 Å². The van der Waals surface area contributed by atoms with Crippen molar-refractivity contribution in [2.45, 2.75) is 24.0 Å². The Kier molecular flexibility index (Phi) is 8.38. The van der Waals surface area contributed by atoms with E-state index in [9.17, 15) is 23.1 Å². The molecule has 0 radical (unpaired) electrons. The Balaban J connectivity index is 2.03. The second-order valence-electron chi connectivity index (χ2n) is 6.26. The number of rotatable bonds is 8. The minimum atomic E-state index is -4.27. The summed E-state index contributed by atoms with van der Waals surface area (Å²) in [7, 11) is -4.27. The van der Waals surface area contributed by atoms with E-state index in [1.165, 1.54) is 31.2 Å². The number of nitrogens with one attached hydrogen (secondary N) is 2. The van der Waals surface area contributed by atoms with E-state index in [2.05, 4.69) is 5.32 Å². The lowest BCUT2D eigenvalue weighted by atomic mass is 10.2. The zero-order chi connectivity index (χ0) is 23.2. The predicted octanol–water partition coefficient (Wildman–Crippen LogP) is 2.07. The molecule has 2 rings (SSSR count). The van der Waals surface area contributed by atoms with Crippen molar-refractivity contribution in [1.29, 1.82) is 5.26 Å². The fourth-order valence-corrected chi connectivity index (χ4v) is 3.96. The Morgan fingerprint density at radius 3 is 2.52 bits per heavy atom. The van der Waals surface area contributed by atoms with Crippen LogP contribution in [0.15, 0.2) is 47.4 Å². The van der Waals surface area contributed by atoms with Gasteiger partial charge in [-0.1, -0.05) is 29.3 Å². The normalized spacial score (nSPS) is 13.0. The molecule has 0 aliphatic rings. The third-order valence-corrected chi connectivity index (χ3v) is 6.02.